The molecule has 0 radical (unpaired) electrons. The third-order valence-electron chi connectivity index (χ3n) is 3.32. The molecule has 1 fully saturated rings. The van der Waals surface area contributed by atoms with Gasteiger partial charge in [0.1, 0.15) is 11.8 Å². The second-order valence-corrected chi connectivity index (χ2v) is 4.79. The predicted molar refractivity (Wildman–Crippen MR) is 73.4 cm³/mol. The van der Waals surface area contributed by atoms with Gasteiger partial charge in [-0.05, 0) is 19.1 Å². The molecule has 2 rings (SSSR count). The van der Waals surface area contributed by atoms with E-state index in [2.05, 4.69) is 5.32 Å². The molecule has 7 heteroatoms. The smallest absolute Gasteiger partial charge is 0.323 e. The fourth-order valence-electron chi connectivity index (χ4n) is 2.02. The molecule has 7 nitrogen and oxygen atoms in total. The topological polar surface area (TPSA) is 81.0 Å². The molecular formula is C14H20N2O5. The number of morpholine rings is 1. The first-order valence-electron chi connectivity index (χ1n) is 6.94. The van der Waals surface area contributed by atoms with Gasteiger partial charge in [0.25, 0.3) is 5.91 Å². The number of ether oxygens (including phenoxy) is 2. The maximum atomic E-state index is 11.9. The van der Waals surface area contributed by atoms with Gasteiger partial charge in [-0.2, -0.15) is 0 Å². The normalized spacial score (nSPS) is 17.2. The Morgan fingerprint density at radius 2 is 2.19 bits per heavy atom. The number of hydrogen-bond acceptors (Lipinski definition) is 6. The molecule has 1 amide bonds. The highest BCUT2D eigenvalue weighted by Gasteiger charge is 2.24. The van der Waals surface area contributed by atoms with Gasteiger partial charge in [0, 0.05) is 13.1 Å². The van der Waals surface area contributed by atoms with Crippen molar-refractivity contribution in [3.05, 3.63) is 24.2 Å². The lowest BCUT2D eigenvalue weighted by molar-refractivity contribution is -0.154. The minimum atomic E-state index is -0.398. The van der Waals surface area contributed by atoms with Crippen molar-refractivity contribution in [2.75, 3.05) is 32.9 Å². The van der Waals surface area contributed by atoms with Gasteiger partial charge in [0.15, 0.2) is 6.61 Å². The van der Waals surface area contributed by atoms with E-state index in [0.29, 0.717) is 32.1 Å². The van der Waals surface area contributed by atoms with Crippen molar-refractivity contribution in [2.24, 2.45) is 0 Å². The summed E-state index contributed by atoms with van der Waals surface area (Å²) in [6.07, 6.45) is 1.53. The van der Waals surface area contributed by atoms with E-state index in [-0.39, 0.29) is 25.1 Å². The summed E-state index contributed by atoms with van der Waals surface area (Å²) >= 11 is 0. The summed E-state index contributed by atoms with van der Waals surface area (Å²) < 4.78 is 15.3. The van der Waals surface area contributed by atoms with Crippen LogP contribution in [0.1, 0.15) is 12.7 Å². The Morgan fingerprint density at radius 3 is 2.86 bits per heavy atom. The highest BCUT2D eigenvalue weighted by atomic mass is 16.5. The molecule has 21 heavy (non-hydrogen) atoms. The van der Waals surface area contributed by atoms with Crippen molar-refractivity contribution in [3.63, 3.8) is 0 Å². The molecule has 1 N–H and O–H groups in total. The van der Waals surface area contributed by atoms with Crippen molar-refractivity contribution in [1.82, 2.24) is 10.2 Å². The Hall–Kier alpha value is -1.86. The molecule has 1 atom stereocenters. The molecule has 2 heterocycles. The average Bonchev–Trinajstić information content (AvgIpc) is 3.04. The molecule has 0 aliphatic carbocycles. The second-order valence-electron chi connectivity index (χ2n) is 4.79. The van der Waals surface area contributed by atoms with Gasteiger partial charge in [0.05, 0.1) is 26.0 Å². The van der Waals surface area contributed by atoms with Crippen LogP contribution in [0.2, 0.25) is 0 Å². The van der Waals surface area contributed by atoms with Crippen LogP contribution in [0.4, 0.5) is 0 Å². The highest BCUT2D eigenvalue weighted by molar-refractivity contribution is 5.82. The van der Waals surface area contributed by atoms with E-state index in [1.165, 1.54) is 6.26 Å². The lowest BCUT2D eigenvalue weighted by Gasteiger charge is -2.30. The summed E-state index contributed by atoms with van der Waals surface area (Å²) in [6, 6.07) is 3.13. The largest absolute Gasteiger partial charge is 0.467 e. The first-order chi connectivity index (χ1) is 10.2. The number of hydrogen-bond donors (Lipinski definition) is 1. The minimum Gasteiger partial charge on any atom is -0.467 e. The zero-order valence-corrected chi connectivity index (χ0v) is 12.0. The van der Waals surface area contributed by atoms with Gasteiger partial charge in [-0.15, -0.1) is 0 Å². The number of nitrogens with zero attached hydrogens (tertiary/aromatic N) is 1. The predicted octanol–water partition coefficient (Wildman–Crippen LogP) is 0.160. The average molecular weight is 296 g/mol. The molecule has 0 spiro atoms. The van der Waals surface area contributed by atoms with Crippen LogP contribution in [0.25, 0.3) is 0 Å². The molecule has 1 aromatic heterocycles. The monoisotopic (exact) mass is 296 g/mol. The summed E-state index contributed by atoms with van der Waals surface area (Å²) in [5.74, 6) is -0.102. The minimum absolute atomic E-state index is 0.280. The number of esters is 1. The third kappa shape index (κ3) is 4.87. The summed E-state index contributed by atoms with van der Waals surface area (Å²) in [5, 5.41) is 2.62. The van der Waals surface area contributed by atoms with E-state index < -0.39 is 5.97 Å². The lowest BCUT2D eigenvalue weighted by Crippen LogP contribution is -2.46. The van der Waals surface area contributed by atoms with E-state index in [4.69, 9.17) is 13.9 Å². The zero-order chi connectivity index (χ0) is 15.1. The molecule has 0 unspecified atom stereocenters. The van der Waals surface area contributed by atoms with Gasteiger partial charge in [-0.3, -0.25) is 14.5 Å². The Balaban J connectivity index is 1.66. The molecule has 0 aromatic carbocycles. The van der Waals surface area contributed by atoms with Gasteiger partial charge < -0.3 is 19.2 Å². The first-order valence-corrected chi connectivity index (χ1v) is 6.94. The molecule has 116 valence electrons. The van der Waals surface area contributed by atoms with Crippen molar-refractivity contribution < 1.29 is 23.5 Å². The Labute approximate surface area is 123 Å². The van der Waals surface area contributed by atoms with E-state index >= 15 is 0 Å². The van der Waals surface area contributed by atoms with Crippen molar-refractivity contribution >= 4 is 11.9 Å². The van der Waals surface area contributed by atoms with E-state index in [0.717, 1.165) is 0 Å². The number of amides is 1. The number of carbonyl (C=O) groups excluding carboxylic acids is 2. The SMILES string of the molecule is C[C@@H](C(=O)OCC(=O)NCc1ccco1)N1CCOCC1. The van der Waals surface area contributed by atoms with Crippen LogP contribution in [0.3, 0.4) is 0 Å². The van der Waals surface area contributed by atoms with Crippen molar-refractivity contribution in [3.8, 4) is 0 Å². The maximum absolute atomic E-state index is 11.9. The molecular weight excluding hydrogens is 276 g/mol. The fraction of sp³-hybridized carbons (Fsp3) is 0.571. The number of carbonyl (C=O) groups is 2. The van der Waals surface area contributed by atoms with Crippen LogP contribution in [0, 0.1) is 0 Å². The first kappa shape index (κ1) is 15.5. The van der Waals surface area contributed by atoms with Crippen LogP contribution in [0.5, 0.6) is 0 Å². The number of nitrogens with one attached hydrogen (secondary N) is 1. The van der Waals surface area contributed by atoms with Gasteiger partial charge in [0.2, 0.25) is 0 Å². The number of furan rings is 1. The van der Waals surface area contributed by atoms with Crippen LogP contribution in [-0.2, 0) is 25.6 Å². The zero-order valence-electron chi connectivity index (χ0n) is 12.0. The van der Waals surface area contributed by atoms with E-state index in [1.54, 1.807) is 19.1 Å². The fourth-order valence-corrected chi connectivity index (χ4v) is 2.02. The van der Waals surface area contributed by atoms with Crippen LogP contribution in [0.15, 0.2) is 22.8 Å². The van der Waals surface area contributed by atoms with E-state index in [1.807, 2.05) is 4.90 Å². The number of rotatable bonds is 6. The molecule has 1 aromatic rings. The summed E-state index contributed by atoms with van der Waals surface area (Å²) in [4.78, 5) is 25.4. The summed E-state index contributed by atoms with van der Waals surface area (Å²) in [7, 11) is 0. The molecule has 0 saturated carbocycles. The lowest BCUT2D eigenvalue weighted by atomic mass is 10.2. The Bertz CT molecular complexity index is 454. The second kappa shape index (κ2) is 7.80. The standard InChI is InChI=1S/C14H20N2O5/c1-11(16-4-7-19-8-5-16)14(18)21-10-13(17)15-9-12-3-2-6-20-12/h2-3,6,11H,4-5,7-10H2,1H3,(H,15,17)/t11-/m0/s1. The highest BCUT2D eigenvalue weighted by Crippen LogP contribution is 2.05. The maximum Gasteiger partial charge on any atom is 0.323 e. The van der Waals surface area contributed by atoms with Crippen molar-refractivity contribution in [1.29, 1.82) is 0 Å². The molecule has 1 saturated heterocycles. The Kier molecular flexibility index (Phi) is 5.77. The van der Waals surface area contributed by atoms with Gasteiger partial charge in [-0.25, -0.2) is 0 Å². The Morgan fingerprint density at radius 1 is 1.43 bits per heavy atom. The van der Waals surface area contributed by atoms with Gasteiger partial charge >= 0.3 is 5.97 Å². The molecule has 1 aliphatic heterocycles. The van der Waals surface area contributed by atoms with Crippen LogP contribution >= 0.6 is 0 Å². The third-order valence-corrected chi connectivity index (χ3v) is 3.32. The summed E-state index contributed by atoms with van der Waals surface area (Å²) in [5.41, 5.74) is 0. The summed E-state index contributed by atoms with van der Waals surface area (Å²) in [6.45, 7) is 4.38. The van der Waals surface area contributed by atoms with Crippen molar-refractivity contribution in [2.45, 2.75) is 19.5 Å². The van der Waals surface area contributed by atoms with Crippen LogP contribution < -0.4 is 5.32 Å². The molecule has 1 aliphatic rings. The van der Waals surface area contributed by atoms with Crippen LogP contribution in [-0.4, -0.2) is 55.7 Å². The van der Waals surface area contributed by atoms with E-state index in [9.17, 15) is 9.59 Å². The quantitative estimate of drug-likeness (QED) is 0.753. The van der Waals surface area contributed by atoms with Gasteiger partial charge in [-0.1, -0.05) is 0 Å². The molecule has 0 bridgehead atoms.